The van der Waals surface area contributed by atoms with E-state index >= 15 is 0 Å². The number of nitrogens with one attached hydrogen (secondary N) is 1. The normalized spacial score (nSPS) is 15.8. The Kier molecular flexibility index (Phi) is 6.25. The maximum absolute atomic E-state index is 12.6. The van der Waals surface area contributed by atoms with Crippen LogP contribution >= 0.6 is 0 Å². The third-order valence-electron chi connectivity index (χ3n) is 5.08. The quantitative estimate of drug-likeness (QED) is 0.678. The second-order valence-electron chi connectivity index (χ2n) is 10.3. The third kappa shape index (κ3) is 5.93. The van der Waals surface area contributed by atoms with E-state index in [0.29, 0.717) is 13.1 Å². The van der Waals surface area contributed by atoms with Crippen LogP contribution in [0.1, 0.15) is 60.1 Å². The molecule has 1 aromatic carbocycles. The van der Waals surface area contributed by atoms with Crippen molar-refractivity contribution >= 4 is 28.8 Å². The number of carbonyl (C=O) groups is 2. The van der Waals surface area contributed by atoms with Crippen LogP contribution in [-0.4, -0.2) is 52.0 Å². The number of hydrogen-bond acceptors (Lipinski definition) is 5. The Hall–Kier alpha value is -2.70. The Bertz CT molecular complexity index is 958. The van der Waals surface area contributed by atoms with Crippen LogP contribution in [0, 0.1) is 6.92 Å². The molecule has 7 heteroatoms. The molecule has 0 spiro atoms. The fourth-order valence-electron chi connectivity index (χ4n) is 3.76. The number of ether oxygens (including phenoxy) is 2. The number of piperidine rings is 1. The summed E-state index contributed by atoms with van der Waals surface area (Å²) in [6.07, 6.45) is 1.10. The van der Waals surface area contributed by atoms with Crippen molar-refractivity contribution in [1.82, 2.24) is 9.47 Å². The predicted octanol–water partition coefficient (Wildman–Crippen LogP) is 5.54. The van der Waals surface area contributed by atoms with Crippen molar-refractivity contribution in [3.05, 3.63) is 30.0 Å². The van der Waals surface area contributed by atoms with Crippen LogP contribution < -0.4 is 5.32 Å². The van der Waals surface area contributed by atoms with E-state index in [1.165, 1.54) is 0 Å². The number of nitrogens with zero attached hydrogens (tertiary/aromatic N) is 2. The summed E-state index contributed by atoms with van der Waals surface area (Å²) in [4.78, 5) is 26.6. The van der Waals surface area contributed by atoms with Crippen molar-refractivity contribution in [3.63, 3.8) is 0 Å². The van der Waals surface area contributed by atoms with Crippen molar-refractivity contribution in [2.45, 2.75) is 78.6 Å². The highest BCUT2D eigenvalue weighted by atomic mass is 16.6. The molecule has 1 N–H and O–H groups in total. The molecule has 2 aromatic rings. The molecule has 31 heavy (non-hydrogen) atoms. The summed E-state index contributed by atoms with van der Waals surface area (Å²) in [6, 6.07) is 8.27. The van der Waals surface area contributed by atoms with Crippen molar-refractivity contribution in [2.24, 2.45) is 0 Å². The van der Waals surface area contributed by atoms with Gasteiger partial charge in [-0.05, 0) is 85.6 Å². The lowest BCUT2D eigenvalue weighted by Crippen LogP contribution is -2.44. The Morgan fingerprint density at radius 1 is 0.935 bits per heavy atom. The lowest BCUT2D eigenvalue weighted by atomic mass is 10.0. The van der Waals surface area contributed by atoms with Gasteiger partial charge in [-0.25, -0.2) is 14.2 Å². The van der Waals surface area contributed by atoms with Gasteiger partial charge in [0.2, 0.25) is 0 Å². The van der Waals surface area contributed by atoms with Crippen molar-refractivity contribution < 1.29 is 19.1 Å². The van der Waals surface area contributed by atoms with E-state index in [1.54, 1.807) is 9.47 Å². The zero-order chi connectivity index (χ0) is 23.0. The van der Waals surface area contributed by atoms with Gasteiger partial charge < -0.3 is 19.7 Å². The van der Waals surface area contributed by atoms with Gasteiger partial charge >= 0.3 is 12.2 Å². The molecule has 0 radical (unpaired) electrons. The van der Waals surface area contributed by atoms with Crippen LogP contribution in [0.5, 0.6) is 0 Å². The van der Waals surface area contributed by atoms with Gasteiger partial charge in [0.25, 0.3) is 0 Å². The van der Waals surface area contributed by atoms with Crippen molar-refractivity contribution in [2.75, 3.05) is 18.4 Å². The minimum atomic E-state index is -0.546. The summed E-state index contributed by atoms with van der Waals surface area (Å²) in [5.41, 5.74) is 1.65. The number of benzene rings is 1. The molecule has 0 unspecified atom stereocenters. The first-order valence-corrected chi connectivity index (χ1v) is 10.9. The van der Waals surface area contributed by atoms with Gasteiger partial charge in [-0.15, -0.1) is 0 Å². The average molecular weight is 430 g/mol. The van der Waals surface area contributed by atoms with E-state index in [2.05, 4.69) is 11.4 Å². The summed E-state index contributed by atoms with van der Waals surface area (Å²) in [7, 11) is 0. The van der Waals surface area contributed by atoms with Crippen LogP contribution in [0.25, 0.3) is 10.9 Å². The SMILES string of the molecule is Cc1cc2cc(NC3CCN(C(=O)OC(C)(C)C)CC3)ccc2n1C(=O)OC(C)(C)C. The van der Waals surface area contributed by atoms with Gasteiger partial charge in [-0.3, -0.25) is 0 Å². The summed E-state index contributed by atoms with van der Waals surface area (Å²) >= 11 is 0. The minimum absolute atomic E-state index is 0.244. The topological polar surface area (TPSA) is 72.8 Å². The van der Waals surface area contributed by atoms with Gasteiger partial charge in [0.05, 0.1) is 5.52 Å². The number of amides is 1. The molecule has 1 aromatic heterocycles. The summed E-state index contributed by atoms with van der Waals surface area (Å²) in [6.45, 7) is 14.5. The van der Waals surface area contributed by atoms with Crippen LogP contribution in [0.3, 0.4) is 0 Å². The summed E-state index contributed by atoms with van der Waals surface area (Å²) in [5.74, 6) is 0. The van der Waals surface area contributed by atoms with Gasteiger partial charge in [-0.1, -0.05) is 0 Å². The van der Waals surface area contributed by atoms with Gasteiger partial charge in [-0.2, -0.15) is 0 Å². The Labute approximate surface area is 184 Å². The molecule has 0 aliphatic carbocycles. The monoisotopic (exact) mass is 429 g/mol. The molecule has 3 rings (SSSR count). The fourth-order valence-corrected chi connectivity index (χ4v) is 3.76. The average Bonchev–Trinajstić information content (AvgIpc) is 2.94. The first-order chi connectivity index (χ1) is 14.3. The molecule has 0 atom stereocenters. The Balaban J connectivity index is 1.65. The number of aromatic nitrogens is 1. The lowest BCUT2D eigenvalue weighted by molar-refractivity contribution is 0.0210. The number of carbonyl (C=O) groups excluding carboxylic acids is 2. The molecule has 1 amide bonds. The molecule has 1 aliphatic heterocycles. The number of fused-ring (bicyclic) bond motifs is 1. The molecule has 1 fully saturated rings. The summed E-state index contributed by atoms with van der Waals surface area (Å²) < 4.78 is 12.6. The maximum atomic E-state index is 12.6. The van der Waals surface area contributed by atoms with Crippen LogP contribution in [0.4, 0.5) is 15.3 Å². The number of hydrogen-bond donors (Lipinski definition) is 1. The minimum Gasteiger partial charge on any atom is -0.444 e. The van der Waals surface area contributed by atoms with Crippen LogP contribution in [-0.2, 0) is 9.47 Å². The molecule has 2 heterocycles. The molecule has 7 nitrogen and oxygen atoms in total. The molecule has 170 valence electrons. The smallest absolute Gasteiger partial charge is 0.419 e. The van der Waals surface area contributed by atoms with E-state index in [9.17, 15) is 9.59 Å². The van der Waals surface area contributed by atoms with E-state index < -0.39 is 11.2 Å². The van der Waals surface area contributed by atoms with Gasteiger partial charge in [0.1, 0.15) is 11.2 Å². The molecule has 1 aliphatic rings. The second kappa shape index (κ2) is 8.44. The fraction of sp³-hybridized carbons (Fsp3) is 0.583. The highest BCUT2D eigenvalue weighted by Crippen LogP contribution is 2.26. The highest BCUT2D eigenvalue weighted by Gasteiger charge is 2.27. The van der Waals surface area contributed by atoms with E-state index in [0.717, 1.165) is 35.1 Å². The number of aryl methyl sites for hydroxylation is 1. The molecule has 0 saturated carbocycles. The van der Waals surface area contributed by atoms with Crippen molar-refractivity contribution in [1.29, 1.82) is 0 Å². The molecular weight excluding hydrogens is 394 g/mol. The first kappa shape index (κ1) is 23.0. The highest BCUT2D eigenvalue weighted by molar-refractivity contribution is 5.92. The molecule has 1 saturated heterocycles. The third-order valence-corrected chi connectivity index (χ3v) is 5.08. The predicted molar refractivity (Wildman–Crippen MR) is 123 cm³/mol. The van der Waals surface area contributed by atoms with Crippen molar-refractivity contribution in [3.8, 4) is 0 Å². The lowest BCUT2D eigenvalue weighted by Gasteiger charge is -2.34. The summed E-state index contributed by atoms with van der Waals surface area (Å²) in [5, 5.41) is 4.56. The number of likely N-dealkylation sites (tertiary alicyclic amines) is 1. The van der Waals surface area contributed by atoms with Gasteiger partial charge in [0.15, 0.2) is 0 Å². The zero-order valence-corrected chi connectivity index (χ0v) is 19.7. The van der Waals surface area contributed by atoms with E-state index in [4.69, 9.17) is 9.47 Å². The number of anilines is 1. The Morgan fingerprint density at radius 3 is 2.10 bits per heavy atom. The largest absolute Gasteiger partial charge is 0.444 e. The standard InChI is InChI=1S/C24H35N3O4/c1-16-14-17-15-19(8-9-20(17)27(16)22(29)31-24(5,6)7)25-18-10-12-26(13-11-18)21(28)30-23(2,3)4/h8-9,14-15,18,25H,10-13H2,1-7H3. The molecular formula is C24H35N3O4. The van der Waals surface area contributed by atoms with Crippen LogP contribution in [0.2, 0.25) is 0 Å². The Morgan fingerprint density at radius 2 is 1.52 bits per heavy atom. The first-order valence-electron chi connectivity index (χ1n) is 10.9. The zero-order valence-electron chi connectivity index (χ0n) is 19.7. The molecule has 0 bridgehead atoms. The van der Waals surface area contributed by atoms with E-state index in [-0.39, 0.29) is 18.2 Å². The number of rotatable bonds is 2. The second-order valence-corrected chi connectivity index (χ2v) is 10.3. The van der Waals surface area contributed by atoms with E-state index in [1.807, 2.05) is 66.7 Å². The maximum Gasteiger partial charge on any atom is 0.419 e. The van der Waals surface area contributed by atoms with Crippen LogP contribution in [0.15, 0.2) is 24.3 Å². The van der Waals surface area contributed by atoms with Gasteiger partial charge in [0, 0.05) is 35.9 Å².